The van der Waals surface area contributed by atoms with Crippen molar-refractivity contribution in [2.75, 3.05) is 0 Å². The van der Waals surface area contributed by atoms with Crippen molar-refractivity contribution in [2.45, 2.75) is 12.8 Å². The first-order valence-corrected chi connectivity index (χ1v) is 8.79. The van der Waals surface area contributed by atoms with Gasteiger partial charge in [0.25, 0.3) is 0 Å². The Morgan fingerprint density at radius 3 is 1.42 bits per heavy atom. The van der Waals surface area contributed by atoms with E-state index >= 15 is 0 Å². The molecule has 0 fully saturated rings. The molecule has 2 aromatic heterocycles. The molecule has 2 N–H and O–H groups in total. The van der Waals surface area contributed by atoms with E-state index in [0.717, 1.165) is 46.6 Å². The van der Waals surface area contributed by atoms with Crippen LogP contribution in [-0.4, -0.2) is 19.9 Å². The number of nitrogens with one attached hydrogen (secondary N) is 2. The lowest BCUT2D eigenvalue weighted by atomic mass is 10.0. The minimum Gasteiger partial charge on any atom is -0.342 e. The quantitative estimate of drug-likeness (QED) is 0.502. The summed E-state index contributed by atoms with van der Waals surface area (Å²) in [6.45, 7) is 0. The third-order valence-electron chi connectivity index (χ3n) is 4.71. The highest BCUT2D eigenvalue weighted by molar-refractivity contribution is 5.75. The Labute approximate surface area is 150 Å². The molecule has 0 saturated heterocycles. The number of hydrogen-bond acceptors (Lipinski definition) is 2. The van der Waals surface area contributed by atoms with Gasteiger partial charge in [0.2, 0.25) is 0 Å². The van der Waals surface area contributed by atoms with Crippen LogP contribution in [0.25, 0.3) is 22.1 Å². The molecule has 5 rings (SSSR count). The molecule has 3 aromatic carbocycles. The van der Waals surface area contributed by atoms with Crippen molar-refractivity contribution in [1.82, 2.24) is 19.9 Å². The fourth-order valence-electron chi connectivity index (χ4n) is 3.44. The van der Waals surface area contributed by atoms with Crippen LogP contribution in [0.3, 0.4) is 0 Å². The first kappa shape index (κ1) is 14.9. The average Bonchev–Trinajstić information content (AvgIpc) is 3.26. The fraction of sp³-hybridized carbons (Fsp3) is 0.0909. The van der Waals surface area contributed by atoms with E-state index in [1.54, 1.807) is 0 Å². The number of aromatic amines is 2. The normalized spacial score (nSPS) is 11.4. The van der Waals surface area contributed by atoms with Crippen molar-refractivity contribution in [2.24, 2.45) is 0 Å². The zero-order chi connectivity index (χ0) is 17.3. The van der Waals surface area contributed by atoms with Crippen molar-refractivity contribution in [3.8, 4) is 0 Å². The molecule has 0 aliphatic carbocycles. The topological polar surface area (TPSA) is 57.4 Å². The standard InChI is InChI=1S/C22H18N4/c1-2-8-16(14-22-25-19-11-5-6-12-20(19)26-22)15(7-1)13-21-23-17-9-3-4-10-18(17)24-21/h1-12H,13-14H2,(H,23,24)(H,25,26). The molecule has 126 valence electrons. The van der Waals surface area contributed by atoms with Crippen molar-refractivity contribution in [1.29, 1.82) is 0 Å². The van der Waals surface area contributed by atoms with Crippen molar-refractivity contribution in [3.63, 3.8) is 0 Å². The second-order valence-electron chi connectivity index (χ2n) is 6.52. The van der Waals surface area contributed by atoms with Crippen LogP contribution in [-0.2, 0) is 12.8 Å². The number of rotatable bonds is 4. The van der Waals surface area contributed by atoms with Gasteiger partial charge in [0.15, 0.2) is 0 Å². The lowest BCUT2D eigenvalue weighted by Crippen LogP contribution is -1.99. The number of benzene rings is 3. The van der Waals surface area contributed by atoms with E-state index in [-0.39, 0.29) is 0 Å². The first-order valence-electron chi connectivity index (χ1n) is 8.79. The number of H-pyrrole nitrogens is 2. The molecule has 26 heavy (non-hydrogen) atoms. The van der Waals surface area contributed by atoms with E-state index in [4.69, 9.17) is 9.97 Å². The highest BCUT2D eigenvalue weighted by Gasteiger charge is 2.10. The highest BCUT2D eigenvalue weighted by Crippen LogP contribution is 2.19. The molecule has 5 aromatic rings. The Kier molecular flexibility index (Phi) is 3.53. The van der Waals surface area contributed by atoms with Crippen LogP contribution in [0.2, 0.25) is 0 Å². The molecule has 0 atom stereocenters. The predicted molar refractivity (Wildman–Crippen MR) is 104 cm³/mol. The fourth-order valence-corrected chi connectivity index (χ4v) is 3.44. The van der Waals surface area contributed by atoms with Gasteiger partial charge in [-0.1, -0.05) is 48.5 Å². The molecule has 0 bridgehead atoms. The van der Waals surface area contributed by atoms with Gasteiger partial charge in [-0.3, -0.25) is 0 Å². The van der Waals surface area contributed by atoms with E-state index < -0.39 is 0 Å². The van der Waals surface area contributed by atoms with Crippen LogP contribution in [0.4, 0.5) is 0 Å². The minimum atomic E-state index is 0.783. The number of aromatic nitrogens is 4. The van der Waals surface area contributed by atoms with Gasteiger partial charge in [-0.25, -0.2) is 9.97 Å². The van der Waals surface area contributed by atoms with Gasteiger partial charge in [0.05, 0.1) is 22.1 Å². The number of nitrogens with zero attached hydrogens (tertiary/aromatic N) is 2. The Morgan fingerprint density at radius 2 is 0.962 bits per heavy atom. The Hall–Kier alpha value is -3.40. The number of imidazole rings is 2. The molecular formula is C22H18N4. The van der Waals surface area contributed by atoms with Gasteiger partial charge in [-0.2, -0.15) is 0 Å². The van der Waals surface area contributed by atoms with Crippen molar-refractivity contribution >= 4 is 22.1 Å². The SMILES string of the molecule is c1ccc(Cc2nc3ccccc3[nH]2)c(Cc2nc3ccccc3[nH]2)c1. The van der Waals surface area contributed by atoms with E-state index in [2.05, 4.69) is 46.4 Å². The summed E-state index contributed by atoms with van der Waals surface area (Å²) in [5.41, 5.74) is 6.73. The summed E-state index contributed by atoms with van der Waals surface area (Å²) in [4.78, 5) is 16.3. The van der Waals surface area contributed by atoms with Crippen LogP contribution in [0.5, 0.6) is 0 Å². The third-order valence-corrected chi connectivity index (χ3v) is 4.71. The lowest BCUT2D eigenvalue weighted by Gasteiger charge is -2.07. The van der Waals surface area contributed by atoms with Crippen LogP contribution in [0.1, 0.15) is 22.8 Å². The van der Waals surface area contributed by atoms with E-state index in [1.165, 1.54) is 11.1 Å². The molecular weight excluding hydrogens is 320 g/mol. The molecule has 0 aliphatic rings. The summed E-state index contributed by atoms with van der Waals surface area (Å²) in [7, 11) is 0. The van der Waals surface area contributed by atoms with E-state index in [9.17, 15) is 0 Å². The summed E-state index contributed by atoms with van der Waals surface area (Å²) in [6.07, 6.45) is 1.57. The first-order chi connectivity index (χ1) is 12.8. The number of para-hydroxylation sites is 4. The second-order valence-corrected chi connectivity index (χ2v) is 6.52. The Bertz CT molecular complexity index is 1040. The molecule has 0 spiro atoms. The number of hydrogen-bond donors (Lipinski definition) is 2. The smallest absolute Gasteiger partial charge is 0.111 e. The summed E-state index contributed by atoms with van der Waals surface area (Å²) >= 11 is 0. The molecule has 4 heteroatoms. The van der Waals surface area contributed by atoms with Crippen LogP contribution in [0, 0.1) is 0 Å². The van der Waals surface area contributed by atoms with Gasteiger partial charge >= 0.3 is 0 Å². The van der Waals surface area contributed by atoms with Gasteiger partial charge in [-0.15, -0.1) is 0 Å². The summed E-state index contributed by atoms with van der Waals surface area (Å²) in [6, 6.07) is 24.8. The third kappa shape index (κ3) is 2.75. The van der Waals surface area contributed by atoms with Crippen LogP contribution in [0.15, 0.2) is 72.8 Å². The molecule has 0 unspecified atom stereocenters. The molecule has 2 heterocycles. The highest BCUT2D eigenvalue weighted by atomic mass is 14.9. The molecule has 0 amide bonds. The Balaban J connectivity index is 1.46. The predicted octanol–water partition coefficient (Wildman–Crippen LogP) is 4.62. The summed E-state index contributed by atoms with van der Waals surface area (Å²) in [5.74, 6) is 1.98. The van der Waals surface area contributed by atoms with E-state index in [0.29, 0.717) is 0 Å². The maximum Gasteiger partial charge on any atom is 0.111 e. The molecule has 0 saturated carbocycles. The van der Waals surface area contributed by atoms with Crippen LogP contribution >= 0.6 is 0 Å². The summed E-state index contributed by atoms with van der Waals surface area (Å²) < 4.78 is 0. The molecule has 0 aliphatic heterocycles. The largest absolute Gasteiger partial charge is 0.342 e. The lowest BCUT2D eigenvalue weighted by molar-refractivity contribution is 0.976. The second kappa shape index (κ2) is 6.15. The molecule has 0 radical (unpaired) electrons. The van der Waals surface area contributed by atoms with E-state index in [1.807, 2.05) is 36.4 Å². The Morgan fingerprint density at radius 1 is 0.538 bits per heavy atom. The van der Waals surface area contributed by atoms with Gasteiger partial charge in [0, 0.05) is 12.8 Å². The van der Waals surface area contributed by atoms with Crippen LogP contribution < -0.4 is 0 Å². The molecule has 4 nitrogen and oxygen atoms in total. The van der Waals surface area contributed by atoms with Crippen molar-refractivity contribution in [3.05, 3.63) is 95.6 Å². The number of fused-ring (bicyclic) bond motifs is 2. The van der Waals surface area contributed by atoms with Gasteiger partial charge in [-0.05, 0) is 35.4 Å². The summed E-state index contributed by atoms with van der Waals surface area (Å²) in [5, 5.41) is 0. The zero-order valence-electron chi connectivity index (χ0n) is 14.2. The maximum atomic E-state index is 4.71. The van der Waals surface area contributed by atoms with Gasteiger partial charge < -0.3 is 9.97 Å². The minimum absolute atomic E-state index is 0.783. The maximum absolute atomic E-state index is 4.71. The zero-order valence-corrected chi connectivity index (χ0v) is 14.2. The van der Waals surface area contributed by atoms with Gasteiger partial charge in [0.1, 0.15) is 11.6 Å². The average molecular weight is 338 g/mol. The monoisotopic (exact) mass is 338 g/mol. The van der Waals surface area contributed by atoms with Crippen molar-refractivity contribution < 1.29 is 0 Å².